The summed E-state index contributed by atoms with van der Waals surface area (Å²) in [5, 5.41) is 2.79. The zero-order chi connectivity index (χ0) is 23.1. The molecule has 9 heteroatoms. The molecule has 0 aromatic heterocycles. The quantitative estimate of drug-likeness (QED) is 0.607. The molecule has 0 unspecified atom stereocenters. The predicted molar refractivity (Wildman–Crippen MR) is 120 cm³/mol. The van der Waals surface area contributed by atoms with E-state index in [2.05, 4.69) is 10.2 Å². The third kappa shape index (κ3) is 8.86. The molecule has 1 aliphatic rings. The Balaban J connectivity index is 1.61. The topological polar surface area (TPSA) is 96.0 Å². The standard InChI is InChI=1S/C22H35N3O5S/c1-18-6-8-19(9-7-18)31(28,29)17-10-20(26)23-11-5-12-24-13-15-25(16-14-24)21(27)30-22(2,3)4/h6-9H,5,10-17H2,1-4H3,(H,23,26). The molecule has 1 N–H and O–H groups in total. The number of aryl methyl sites for hydroxylation is 1. The molecule has 0 atom stereocenters. The van der Waals surface area contributed by atoms with Crippen LogP contribution in [0.4, 0.5) is 4.79 Å². The lowest BCUT2D eigenvalue weighted by atomic mass is 10.2. The summed E-state index contributed by atoms with van der Waals surface area (Å²) in [7, 11) is -3.46. The van der Waals surface area contributed by atoms with Crippen LogP contribution in [0.25, 0.3) is 0 Å². The number of piperazine rings is 1. The highest BCUT2D eigenvalue weighted by molar-refractivity contribution is 7.91. The number of hydrogen-bond donors (Lipinski definition) is 1. The van der Waals surface area contributed by atoms with Crippen molar-refractivity contribution in [1.82, 2.24) is 15.1 Å². The Labute approximate surface area is 185 Å². The monoisotopic (exact) mass is 453 g/mol. The highest BCUT2D eigenvalue weighted by atomic mass is 32.2. The van der Waals surface area contributed by atoms with E-state index in [1.807, 2.05) is 27.7 Å². The van der Waals surface area contributed by atoms with E-state index < -0.39 is 15.4 Å². The molecule has 0 spiro atoms. The summed E-state index contributed by atoms with van der Waals surface area (Å²) in [5.74, 6) is -0.459. The fourth-order valence-electron chi connectivity index (χ4n) is 3.19. The van der Waals surface area contributed by atoms with E-state index >= 15 is 0 Å². The summed E-state index contributed by atoms with van der Waals surface area (Å²) < 4.78 is 30.0. The molecule has 0 radical (unpaired) electrons. The first kappa shape index (κ1) is 25.1. The Morgan fingerprint density at radius 1 is 1.06 bits per heavy atom. The van der Waals surface area contributed by atoms with E-state index in [1.165, 1.54) is 0 Å². The molecule has 0 saturated carbocycles. The Kier molecular flexibility index (Phi) is 8.88. The minimum absolute atomic E-state index is 0.0508. The maximum absolute atomic E-state index is 12.3. The molecule has 31 heavy (non-hydrogen) atoms. The Morgan fingerprint density at radius 2 is 1.68 bits per heavy atom. The minimum atomic E-state index is -3.46. The van der Waals surface area contributed by atoms with Gasteiger partial charge in [-0.2, -0.15) is 0 Å². The van der Waals surface area contributed by atoms with Gasteiger partial charge >= 0.3 is 6.09 Å². The minimum Gasteiger partial charge on any atom is -0.444 e. The van der Waals surface area contributed by atoms with Crippen molar-refractivity contribution in [3.05, 3.63) is 29.8 Å². The molecule has 2 amide bonds. The molecule has 1 aromatic carbocycles. The van der Waals surface area contributed by atoms with Crippen LogP contribution >= 0.6 is 0 Å². The van der Waals surface area contributed by atoms with Gasteiger partial charge in [-0.1, -0.05) is 17.7 Å². The summed E-state index contributed by atoms with van der Waals surface area (Å²) in [5.41, 5.74) is 0.495. The highest BCUT2D eigenvalue weighted by Gasteiger charge is 2.25. The van der Waals surface area contributed by atoms with E-state index in [-0.39, 0.29) is 29.1 Å². The Morgan fingerprint density at radius 3 is 2.26 bits per heavy atom. The van der Waals surface area contributed by atoms with Gasteiger partial charge in [-0.15, -0.1) is 0 Å². The van der Waals surface area contributed by atoms with Crippen LogP contribution in [0.5, 0.6) is 0 Å². The third-order valence-corrected chi connectivity index (χ3v) is 6.71. The van der Waals surface area contributed by atoms with Crippen molar-refractivity contribution in [2.75, 3.05) is 45.0 Å². The lowest BCUT2D eigenvalue weighted by molar-refractivity contribution is -0.120. The number of benzene rings is 1. The molecule has 174 valence electrons. The van der Waals surface area contributed by atoms with Crippen LogP contribution in [-0.4, -0.2) is 80.8 Å². The van der Waals surface area contributed by atoms with Crippen LogP contribution < -0.4 is 5.32 Å². The average molecular weight is 454 g/mol. The number of carbonyl (C=O) groups is 2. The molecule has 1 heterocycles. The molecule has 8 nitrogen and oxygen atoms in total. The lowest BCUT2D eigenvalue weighted by Gasteiger charge is -2.35. The summed E-state index contributed by atoms with van der Waals surface area (Å²) in [6.07, 6.45) is 0.438. The summed E-state index contributed by atoms with van der Waals surface area (Å²) in [4.78, 5) is 28.3. The lowest BCUT2D eigenvalue weighted by Crippen LogP contribution is -2.50. The van der Waals surface area contributed by atoms with Gasteiger partial charge in [0, 0.05) is 39.1 Å². The van der Waals surface area contributed by atoms with Crippen LogP contribution in [0, 0.1) is 6.92 Å². The number of hydrogen-bond acceptors (Lipinski definition) is 6. The first-order chi connectivity index (χ1) is 14.5. The van der Waals surface area contributed by atoms with Crippen molar-refractivity contribution in [1.29, 1.82) is 0 Å². The van der Waals surface area contributed by atoms with Crippen molar-refractivity contribution in [3.63, 3.8) is 0 Å². The van der Waals surface area contributed by atoms with Gasteiger partial charge in [0.25, 0.3) is 0 Å². The van der Waals surface area contributed by atoms with Crippen molar-refractivity contribution < 1.29 is 22.7 Å². The second kappa shape index (κ2) is 10.9. The van der Waals surface area contributed by atoms with Gasteiger partial charge in [0.1, 0.15) is 5.60 Å². The number of sulfone groups is 1. The van der Waals surface area contributed by atoms with Crippen LogP contribution in [0.3, 0.4) is 0 Å². The maximum atomic E-state index is 12.3. The first-order valence-corrected chi connectivity index (χ1v) is 12.4. The highest BCUT2D eigenvalue weighted by Crippen LogP contribution is 2.13. The van der Waals surface area contributed by atoms with Gasteiger partial charge in [0.15, 0.2) is 9.84 Å². The van der Waals surface area contributed by atoms with Gasteiger partial charge in [-0.05, 0) is 52.8 Å². The molecular formula is C22H35N3O5S. The van der Waals surface area contributed by atoms with Crippen molar-refractivity contribution in [2.45, 2.75) is 51.0 Å². The van der Waals surface area contributed by atoms with Gasteiger partial charge < -0.3 is 15.0 Å². The van der Waals surface area contributed by atoms with Crippen LogP contribution in [0.1, 0.15) is 39.2 Å². The third-order valence-electron chi connectivity index (χ3n) is 4.98. The van der Waals surface area contributed by atoms with E-state index in [0.29, 0.717) is 19.6 Å². The second-order valence-electron chi connectivity index (χ2n) is 8.89. The van der Waals surface area contributed by atoms with Crippen molar-refractivity contribution in [2.24, 2.45) is 0 Å². The van der Waals surface area contributed by atoms with Crippen LogP contribution in [0.15, 0.2) is 29.2 Å². The Hall–Kier alpha value is -2.13. The summed E-state index contributed by atoms with van der Waals surface area (Å²) >= 11 is 0. The molecular weight excluding hydrogens is 418 g/mol. The second-order valence-corrected chi connectivity index (χ2v) is 11.0. The molecule has 1 aromatic rings. The van der Waals surface area contributed by atoms with Gasteiger partial charge in [0.2, 0.25) is 5.91 Å². The first-order valence-electron chi connectivity index (χ1n) is 10.7. The molecule has 0 bridgehead atoms. The largest absolute Gasteiger partial charge is 0.444 e. The molecule has 2 rings (SSSR count). The number of amides is 2. The number of ether oxygens (including phenoxy) is 1. The van der Waals surface area contributed by atoms with Crippen molar-refractivity contribution in [3.8, 4) is 0 Å². The van der Waals surface area contributed by atoms with Crippen molar-refractivity contribution >= 4 is 21.8 Å². The van der Waals surface area contributed by atoms with E-state index in [1.54, 1.807) is 29.2 Å². The number of rotatable bonds is 8. The zero-order valence-corrected chi connectivity index (χ0v) is 19.8. The fraction of sp³-hybridized carbons (Fsp3) is 0.636. The summed E-state index contributed by atoms with van der Waals surface area (Å²) in [6.45, 7) is 11.5. The molecule has 1 fully saturated rings. The number of nitrogens with zero attached hydrogens (tertiary/aromatic N) is 2. The van der Waals surface area contributed by atoms with E-state index in [0.717, 1.165) is 31.6 Å². The predicted octanol–water partition coefficient (Wildman–Crippen LogP) is 2.22. The fourth-order valence-corrected chi connectivity index (χ4v) is 4.43. The smallest absolute Gasteiger partial charge is 0.410 e. The zero-order valence-electron chi connectivity index (χ0n) is 19.0. The van der Waals surface area contributed by atoms with E-state index in [4.69, 9.17) is 4.74 Å². The molecule has 1 saturated heterocycles. The number of nitrogens with one attached hydrogen (secondary N) is 1. The van der Waals surface area contributed by atoms with Gasteiger partial charge in [-0.3, -0.25) is 9.69 Å². The van der Waals surface area contributed by atoms with Gasteiger partial charge in [0.05, 0.1) is 10.6 Å². The summed E-state index contributed by atoms with van der Waals surface area (Å²) in [6, 6.07) is 6.65. The van der Waals surface area contributed by atoms with E-state index in [9.17, 15) is 18.0 Å². The average Bonchev–Trinajstić information content (AvgIpc) is 2.69. The van der Waals surface area contributed by atoms with Crippen LogP contribution in [-0.2, 0) is 19.4 Å². The maximum Gasteiger partial charge on any atom is 0.410 e. The molecule has 0 aliphatic carbocycles. The number of carbonyl (C=O) groups excluding carboxylic acids is 2. The van der Waals surface area contributed by atoms with Crippen LogP contribution in [0.2, 0.25) is 0 Å². The SMILES string of the molecule is Cc1ccc(S(=O)(=O)CCC(=O)NCCCN2CCN(C(=O)OC(C)(C)C)CC2)cc1. The Bertz CT molecular complexity index is 839. The van der Waals surface area contributed by atoms with Gasteiger partial charge in [-0.25, -0.2) is 13.2 Å². The normalized spacial score (nSPS) is 15.5. The molecule has 1 aliphatic heterocycles.